The predicted molar refractivity (Wildman–Crippen MR) is 61.3 cm³/mol. The van der Waals surface area contributed by atoms with Gasteiger partial charge in [-0.3, -0.25) is 0 Å². The van der Waals surface area contributed by atoms with Gasteiger partial charge in [0.05, 0.1) is 0 Å². The van der Waals surface area contributed by atoms with Crippen LogP contribution in [0.3, 0.4) is 0 Å². The summed E-state index contributed by atoms with van der Waals surface area (Å²) in [6.07, 6.45) is 11.0. The van der Waals surface area contributed by atoms with Crippen LogP contribution >= 0.6 is 0 Å². The van der Waals surface area contributed by atoms with Gasteiger partial charge in [0, 0.05) is 11.8 Å². The van der Waals surface area contributed by atoms with Gasteiger partial charge in [0.25, 0.3) is 0 Å². The van der Waals surface area contributed by atoms with Gasteiger partial charge in [-0.1, -0.05) is 44.2 Å². The Morgan fingerprint density at radius 2 is 2.12 bits per heavy atom. The van der Waals surface area contributed by atoms with E-state index in [1.807, 2.05) is 6.08 Å². The third kappa shape index (κ3) is 2.82. The smallest absolute Gasteiger partial charge is 0.191 e. The molecular weight excluding hydrogens is 204 g/mol. The molecule has 2 aliphatic rings. The summed E-state index contributed by atoms with van der Waals surface area (Å²) >= 11 is 0. The lowest BCUT2D eigenvalue weighted by molar-refractivity contribution is -0.328. The van der Waals surface area contributed by atoms with Crippen molar-refractivity contribution < 1.29 is 14.9 Å². The predicted octanol–water partition coefficient (Wildman–Crippen LogP) is 2.49. The van der Waals surface area contributed by atoms with E-state index in [0.29, 0.717) is 6.42 Å². The Bertz CT molecular complexity index is 339. The minimum absolute atomic E-state index is 0.106. The molecule has 0 aromatic rings. The Labute approximate surface area is 96.0 Å². The van der Waals surface area contributed by atoms with Crippen LogP contribution < -0.4 is 0 Å². The Morgan fingerprint density at radius 3 is 2.81 bits per heavy atom. The van der Waals surface area contributed by atoms with Crippen molar-refractivity contribution in [2.75, 3.05) is 0 Å². The molecule has 1 aliphatic carbocycles. The van der Waals surface area contributed by atoms with Crippen molar-refractivity contribution in [2.45, 2.75) is 39.1 Å². The monoisotopic (exact) mass is 222 g/mol. The molecule has 2 atom stereocenters. The highest BCUT2D eigenvalue weighted by Crippen LogP contribution is 2.27. The van der Waals surface area contributed by atoms with E-state index in [1.165, 1.54) is 0 Å². The molecule has 1 saturated heterocycles. The summed E-state index contributed by atoms with van der Waals surface area (Å²) in [4.78, 5) is 9.77. The van der Waals surface area contributed by atoms with Crippen LogP contribution in [0.1, 0.15) is 26.7 Å². The van der Waals surface area contributed by atoms with Crippen LogP contribution in [0.4, 0.5) is 0 Å². The Balaban J connectivity index is 2.09. The van der Waals surface area contributed by atoms with Gasteiger partial charge in [-0.2, -0.15) is 0 Å². The van der Waals surface area contributed by atoms with E-state index in [-0.39, 0.29) is 11.5 Å². The van der Waals surface area contributed by atoms with Crippen LogP contribution in [0.2, 0.25) is 0 Å². The number of aliphatic hydroxyl groups excluding tert-OH is 1. The molecule has 16 heavy (non-hydrogen) atoms. The van der Waals surface area contributed by atoms with Crippen molar-refractivity contribution in [1.82, 2.24) is 0 Å². The zero-order valence-electron chi connectivity index (χ0n) is 9.72. The molecule has 1 N–H and O–H groups in total. The summed E-state index contributed by atoms with van der Waals surface area (Å²) in [5.41, 5.74) is 1.24. The van der Waals surface area contributed by atoms with E-state index in [9.17, 15) is 5.11 Å². The van der Waals surface area contributed by atoms with Crippen molar-refractivity contribution in [1.29, 1.82) is 0 Å². The van der Waals surface area contributed by atoms with Crippen molar-refractivity contribution in [2.24, 2.45) is 5.41 Å². The van der Waals surface area contributed by atoms with Crippen LogP contribution in [0, 0.1) is 5.41 Å². The molecule has 2 unspecified atom stereocenters. The van der Waals surface area contributed by atoms with E-state index < -0.39 is 6.29 Å². The van der Waals surface area contributed by atoms with E-state index >= 15 is 0 Å². The average molecular weight is 222 g/mol. The second-order valence-electron chi connectivity index (χ2n) is 4.90. The Morgan fingerprint density at radius 1 is 1.31 bits per heavy atom. The van der Waals surface area contributed by atoms with Gasteiger partial charge in [0.15, 0.2) is 6.29 Å². The molecular formula is C13H18O3. The summed E-state index contributed by atoms with van der Waals surface area (Å²) in [5, 5.41) is 9.23. The second-order valence-corrected chi connectivity index (χ2v) is 4.90. The first-order valence-electron chi connectivity index (χ1n) is 5.63. The zero-order chi connectivity index (χ0) is 11.6. The van der Waals surface area contributed by atoms with Gasteiger partial charge in [-0.25, -0.2) is 9.78 Å². The van der Waals surface area contributed by atoms with Crippen molar-refractivity contribution >= 4 is 0 Å². The highest BCUT2D eigenvalue weighted by molar-refractivity contribution is 5.25. The molecule has 3 nitrogen and oxygen atoms in total. The van der Waals surface area contributed by atoms with Crippen molar-refractivity contribution in [3.63, 3.8) is 0 Å². The van der Waals surface area contributed by atoms with Crippen molar-refractivity contribution in [3.05, 3.63) is 36.0 Å². The molecule has 1 aliphatic heterocycles. The van der Waals surface area contributed by atoms with Gasteiger partial charge >= 0.3 is 0 Å². The minimum atomic E-state index is -0.791. The summed E-state index contributed by atoms with van der Waals surface area (Å²) in [5.74, 6) is 0. The third-order valence-corrected chi connectivity index (χ3v) is 2.85. The van der Waals surface area contributed by atoms with Crippen LogP contribution in [-0.4, -0.2) is 17.5 Å². The first kappa shape index (κ1) is 11.6. The summed E-state index contributed by atoms with van der Waals surface area (Å²) in [6.45, 7) is 4.33. The molecule has 0 bridgehead atoms. The molecule has 1 heterocycles. The normalized spacial score (nSPS) is 38.6. The molecule has 0 saturated carbocycles. The highest BCUT2D eigenvalue weighted by Gasteiger charge is 2.28. The highest BCUT2D eigenvalue weighted by atomic mass is 17.2. The molecule has 0 spiro atoms. The second kappa shape index (κ2) is 4.53. The Kier molecular flexibility index (Phi) is 3.28. The van der Waals surface area contributed by atoms with Gasteiger partial charge < -0.3 is 5.11 Å². The molecule has 1 fully saturated rings. The van der Waals surface area contributed by atoms with E-state index in [2.05, 4.69) is 38.2 Å². The quantitative estimate of drug-likeness (QED) is 0.547. The molecule has 0 amide bonds. The van der Waals surface area contributed by atoms with Crippen LogP contribution in [0.15, 0.2) is 36.0 Å². The van der Waals surface area contributed by atoms with Gasteiger partial charge in [-0.05, 0) is 12.0 Å². The summed E-state index contributed by atoms with van der Waals surface area (Å²) in [6, 6.07) is 0. The number of hydrogen-bond acceptors (Lipinski definition) is 3. The number of hydrogen-bond donors (Lipinski definition) is 1. The molecule has 0 aromatic heterocycles. The molecule has 0 aromatic carbocycles. The van der Waals surface area contributed by atoms with E-state index in [4.69, 9.17) is 9.78 Å². The number of rotatable bonds is 1. The minimum Gasteiger partial charge on any atom is -0.366 e. The number of allylic oxidation sites excluding steroid dienone is 5. The summed E-state index contributed by atoms with van der Waals surface area (Å²) in [7, 11) is 0. The first-order valence-corrected chi connectivity index (χ1v) is 5.63. The fourth-order valence-corrected chi connectivity index (χ4v) is 1.89. The topological polar surface area (TPSA) is 38.7 Å². The fourth-order valence-electron chi connectivity index (χ4n) is 1.89. The summed E-state index contributed by atoms with van der Waals surface area (Å²) < 4.78 is 0. The third-order valence-electron chi connectivity index (χ3n) is 2.85. The van der Waals surface area contributed by atoms with Gasteiger partial charge in [-0.15, -0.1) is 0 Å². The Hall–Kier alpha value is -0.900. The van der Waals surface area contributed by atoms with Crippen molar-refractivity contribution in [3.8, 4) is 0 Å². The SMILES string of the molecule is CC1(C)C=CC/C(C2CC(O)OO2)=C\C=C/1. The number of aliphatic hydroxyl groups is 1. The lowest BCUT2D eigenvalue weighted by Crippen LogP contribution is -2.11. The van der Waals surface area contributed by atoms with Gasteiger partial charge in [0.2, 0.25) is 0 Å². The van der Waals surface area contributed by atoms with Crippen LogP contribution in [0.25, 0.3) is 0 Å². The van der Waals surface area contributed by atoms with E-state index in [0.717, 1.165) is 12.0 Å². The first-order chi connectivity index (χ1) is 7.57. The van der Waals surface area contributed by atoms with Gasteiger partial charge in [0.1, 0.15) is 6.10 Å². The zero-order valence-corrected chi connectivity index (χ0v) is 9.72. The lowest BCUT2D eigenvalue weighted by atomic mass is 9.89. The average Bonchev–Trinajstić information content (AvgIpc) is 2.59. The molecule has 3 heteroatoms. The fraction of sp³-hybridized carbons (Fsp3) is 0.538. The largest absolute Gasteiger partial charge is 0.366 e. The molecule has 88 valence electrons. The van der Waals surface area contributed by atoms with Crippen LogP contribution in [-0.2, 0) is 9.78 Å². The van der Waals surface area contributed by atoms with Crippen LogP contribution in [0.5, 0.6) is 0 Å². The van der Waals surface area contributed by atoms with E-state index in [1.54, 1.807) is 0 Å². The molecule has 2 rings (SSSR count). The molecule has 0 radical (unpaired) electrons. The maximum Gasteiger partial charge on any atom is 0.191 e. The standard InChI is InChI=1S/C13H18O3/c1-13(2)7-3-5-10(6-4-8-13)11-9-12(14)16-15-11/h3-5,7-8,11-12,14H,6,9H2,1-2H3/b7-3-,8-4?,10-5+. The maximum absolute atomic E-state index is 9.23. The maximum atomic E-state index is 9.23. The lowest BCUT2D eigenvalue weighted by Gasteiger charge is -2.17.